The van der Waals surface area contributed by atoms with Crippen LogP contribution in [0.25, 0.3) is 6.08 Å². The highest BCUT2D eigenvalue weighted by Crippen LogP contribution is 2.10. The first kappa shape index (κ1) is 13.3. The lowest BCUT2D eigenvalue weighted by Gasteiger charge is -1.99. The van der Waals surface area contributed by atoms with Crippen LogP contribution in [-0.2, 0) is 11.2 Å². The van der Waals surface area contributed by atoms with Crippen LogP contribution in [0.5, 0.6) is 0 Å². The van der Waals surface area contributed by atoms with Crippen LogP contribution in [0.4, 0.5) is 0 Å². The van der Waals surface area contributed by atoms with E-state index in [1.165, 1.54) is 12.4 Å². The topological polar surface area (TPSA) is 70.7 Å². The van der Waals surface area contributed by atoms with Crippen LogP contribution in [0.2, 0.25) is 5.02 Å². The van der Waals surface area contributed by atoms with E-state index in [1.54, 1.807) is 18.2 Å². The minimum atomic E-state index is -0.144. The molecule has 1 aromatic heterocycles. The van der Waals surface area contributed by atoms with Gasteiger partial charge in [0.2, 0.25) is 5.91 Å². The van der Waals surface area contributed by atoms with E-state index in [-0.39, 0.29) is 5.91 Å². The lowest BCUT2D eigenvalue weighted by Crippen LogP contribution is -2.23. The van der Waals surface area contributed by atoms with Gasteiger partial charge in [0.25, 0.3) is 0 Å². The van der Waals surface area contributed by atoms with Crippen LogP contribution in [0.15, 0.2) is 36.7 Å². The molecule has 0 saturated carbocycles. The molecule has 6 heteroatoms. The number of hydrogen-bond acceptors (Lipinski definition) is 3. The van der Waals surface area contributed by atoms with E-state index in [4.69, 9.17) is 11.6 Å². The van der Waals surface area contributed by atoms with Gasteiger partial charge in [-0.2, -0.15) is 5.10 Å². The third kappa shape index (κ3) is 4.56. The quantitative estimate of drug-likeness (QED) is 0.819. The van der Waals surface area contributed by atoms with Gasteiger partial charge >= 0.3 is 0 Å². The molecule has 19 heavy (non-hydrogen) atoms. The second kappa shape index (κ2) is 6.70. The number of carbonyl (C=O) groups is 1. The van der Waals surface area contributed by atoms with Gasteiger partial charge in [-0.15, -0.1) is 0 Å². The van der Waals surface area contributed by atoms with Crippen LogP contribution in [-0.4, -0.2) is 27.6 Å². The third-order valence-corrected chi connectivity index (χ3v) is 2.68. The van der Waals surface area contributed by atoms with Gasteiger partial charge in [-0.05, 0) is 23.8 Å². The number of rotatable bonds is 5. The molecule has 0 saturated heterocycles. The lowest BCUT2D eigenvalue weighted by atomic mass is 10.2. The summed E-state index contributed by atoms with van der Waals surface area (Å²) in [5.41, 5.74) is 0.926. The molecular formula is C13H13ClN4O. The molecule has 1 heterocycles. The molecule has 0 fully saturated rings. The Morgan fingerprint density at radius 2 is 2.16 bits per heavy atom. The Kier molecular flexibility index (Phi) is 4.69. The fourth-order valence-electron chi connectivity index (χ4n) is 1.46. The van der Waals surface area contributed by atoms with Crippen LogP contribution in [0.1, 0.15) is 11.4 Å². The van der Waals surface area contributed by atoms with Crippen molar-refractivity contribution in [1.82, 2.24) is 20.5 Å². The summed E-state index contributed by atoms with van der Waals surface area (Å²) >= 11 is 5.77. The van der Waals surface area contributed by atoms with Crippen LogP contribution in [0, 0.1) is 0 Å². The predicted molar refractivity (Wildman–Crippen MR) is 73.6 cm³/mol. The molecule has 2 rings (SSSR count). The van der Waals surface area contributed by atoms with E-state index in [9.17, 15) is 4.79 Å². The van der Waals surface area contributed by atoms with E-state index in [0.717, 1.165) is 11.4 Å². The highest BCUT2D eigenvalue weighted by molar-refractivity contribution is 6.30. The van der Waals surface area contributed by atoms with E-state index in [2.05, 4.69) is 20.5 Å². The second-order valence-corrected chi connectivity index (χ2v) is 4.29. The van der Waals surface area contributed by atoms with Gasteiger partial charge in [-0.1, -0.05) is 23.7 Å². The van der Waals surface area contributed by atoms with Crippen molar-refractivity contribution >= 4 is 23.6 Å². The summed E-state index contributed by atoms with van der Waals surface area (Å²) < 4.78 is 0. The maximum Gasteiger partial charge on any atom is 0.244 e. The fourth-order valence-corrected chi connectivity index (χ4v) is 1.59. The van der Waals surface area contributed by atoms with Gasteiger partial charge in [0.1, 0.15) is 12.2 Å². The molecule has 0 spiro atoms. The number of carbonyl (C=O) groups excluding carboxylic acids is 1. The maximum atomic E-state index is 11.5. The number of nitrogens with one attached hydrogen (secondary N) is 2. The third-order valence-electron chi connectivity index (χ3n) is 2.42. The Balaban J connectivity index is 1.76. The van der Waals surface area contributed by atoms with Crippen molar-refractivity contribution in [2.75, 3.05) is 6.54 Å². The summed E-state index contributed by atoms with van der Waals surface area (Å²) in [5.74, 6) is 0.608. The maximum absolute atomic E-state index is 11.5. The second-order valence-electron chi connectivity index (χ2n) is 3.86. The molecule has 0 bridgehead atoms. The smallest absolute Gasteiger partial charge is 0.244 e. The molecule has 0 aliphatic heterocycles. The minimum Gasteiger partial charge on any atom is -0.352 e. The minimum absolute atomic E-state index is 0.144. The molecule has 0 unspecified atom stereocenters. The summed E-state index contributed by atoms with van der Waals surface area (Å²) in [6.07, 6.45) is 5.29. The lowest BCUT2D eigenvalue weighted by molar-refractivity contribution is -0.116. The first-order valence-electron chi connectivity index (χ1n) is 5.80. The van der Waals surface area contributed by atoms with E-state index in [1.807, 2.05) is 12.1 Å². The van der Waals surface area contributed by atoms with Gasteiger partial charge in [-0.25, -0.2) is 4.98 Å². The number of H-pyrrole nitrogens is 1. The molecule has 0 radical (unpaired) electrons. The number of halogens is 1. The molecule has 2 N–H and O–H groups in total. The number of benzene rings is 1. The summed E-state index contributed by atoms with van der Waals surface area (Å²) in [6.45, 7) is 0.513. The van der Waals surface area contributed by atoms with Gasteiger partial charge < -0.3 is 5.32 Å². The molecule has 98 valence electrons. The van der Waals surface area contributed by atoms with Crippen LogP contribution in [0.3, 0.4) is 0 Å². The normalized spacial score (nSPS) is 10.8. The summed E-state index contributed by atoms with van der Waals surface area (Å²) in [6, 6.07) is 7.26. The number of hydrogen-bond donors (Lipinski definition) is 2. The SMILES string of the molecule is O=C(C=Cc1ccc(Cl)cc1)NCCc1ncn[nH]1. The van der Waals surface area contributed by atoms with Crippen molar-refractivity contribution in [3.8, 4) is 0 Å². The Bertz CT molecular complexity index is 549. The van der Waals surface area contributed by atoms with Crippen LogP contribution >= 0.6 is 11.6 Å². The molecule has 0 aliphatic rings. The monoisotopic (exact) mass is 276 g/mol. The average Bonchev–Trinajstić information content (AvgIpc) is 2.91. The van der Waals surface area contributed by atoms with E-state index in [0.29, 0.717) is 18.0 Å². The van der Waals surface area contributed by atoms with Crippen molar-refractivity contribution in [1.29, 1.82) is 0 Å². The van der Waals surface area contributed by atoms with Crippen LogP contribution < -0.4 is 5.32 Å². The standard InChI is InChI=1S/C13H13ClN4O/c14-11-4-1-10(2-5-11)3-6-13(19)15-8-7-12-16-9-17-18-12/h1-6,9H,7-8H2,(H,15,19)(H,16,17,18). The Morgan fingerprint density at radius 3 is 2.84 bits per heavy atom. The fraction of sp³-hybridized carbons (Fsp3) is 0.154. The van der Waals surface area contributed by atoms with Gasteiger partial charge in [0, 0.05) is 24.1 Å². The number of aromatic amines is 1. The molecular weight excluding hydrogens is 264 g/mol. The van der Waals surface area contributed by atoms with Crippen molar-refractivity contribution in [2.24, 2.45) is 0 Å². The zero-order valence-corrected chi connectivity index (χ0v) is 10.9. The highest BCUT2D eigenvalue weighted by atomic mass is 35.5. The number of aromatic nitrogens is 3. The summed E-state index contributed by atoms with van der Waals surface area (Å²) in [7, 11) is 0. The van der Waals surface area contributed by atoms with Gasteiger partial charge in [0.05, 0.1) is 0 Å². The average molecular weight is 277 g/mol. The largest absolute Gasteiger partial charge is 0.352 e. The molecule has 2 aromatic rings. The predicted octanol–water partition coefficient (Wildman–Crippen LogP) is 1.83. The first-order valence-corrected chi connectivity index (χ1v) is 6.17. The highest BCUT2D eigenvalue weighted by Gasteiger charge is 1.98. The van der Waals surface area contributed by atoms with Crippen molar-refractivity contribution < 1.29 is 4.79 Å². The molecule has 1 amide bonds. The van der Waals surface area contributed by atoms with Gasteiger partial charge in [0.15, 0.2) is 0 Å². The summed E-state index contributed by atoms with van der Waals surface area (Å²) in [5, 5.41) is 9.90. The van der Waals surface area contributed by atoms with E-state index < -0.39 is 0 Å². The Hall–Kier alpha value is -2.14. The zero-order chi connectivity index (χ0) is 13.5. The zero-order valence-electron chi connectivity index (χ0n) is 10.1. The van der Waals surface area contributed by atoms with Crippen molar-refractivity contribution in [2.45, 2.75) is 6.42 Å². The Labute approximate surface area is 115 Å². The molecule has 0 atom stereocenters. The molecule has 0 aliphatic carbocycles. The number of nitrogens with zero attached hydrogens (tertiary/aromatic N) is 2. The summed E-state index contributed by atoms with van der Waals surface area (Å²) in [4.78, 5) is 15.5. The first-order chi connectivity index (χ1) is 9.24. The number of amides is 1. The van der Waals surface area contributed by atoms with Gasteiger partial charge in [-0.3, -0.25) is 9.89 Å². The van der Waals surface area contributed by atoms with E-state index >= 15 is 0 Å². The van der Waals surface area contributed by atoms with Crippen molar-refractivity contribution in [3.63, 3.8) is 0 Å². The van der Waals surface area contributed by atoms with Crippen molar-refractivity contribution in [3.05, 3.63) is 53.1 Å². The molecule has 1 aromatic carbocycles. The Morgan fingerprint density at radius 1 is 1.37 bits per heavy atom. The molecule has 5 nitrogen and oxygen atoms in total.